The maximum atomic E-state index is 5.36. The van der Waals surface area contributed by atoms with Gasteiger partial charge in [-0.1, -0.05) is 19.0 Å². The SMILES string of the molecule is CCNC(=NCc1nnc2n1CCCC2)NCc1cc(C(C)C)no1. The molecule has 8 heteroatoms. The van der Waals surface area contributed by atoms with E-state index in [4.69, 9.17) is 4.52 Å². The van der Waals surface area contributed by atoms with Crippen LogP contribution in [-0.2, 0) is 26.1 Å². The van der Waals surface area contributed by atoms with E-state index in [0.717, 1.165) is 48.6 Å². The number of aliphatic imine (C=N–C) groups is 1. The van der Waals surface area contributed by atoms with Crippen LogP contribution in [-0.4, -0.2) is 32.4 Å². The van der Waals surface area contributed by atoms with Crippen LogP contribution in [0, 0.1) is 0 Å². The molecular formula is C17H27N7O. The quantitative estimate of drug-likeness (QED) is 0.614. The summed E-state index contributed by atoms with van der Waals surface area (Å²) >= 11 is 0. The van der Waals surface area contributed by atoms with E-state index < -0.39 is 0 Å². The predicted molar refractivity (Wildman–Crippen MR) is 95.2 cm³/mol. The summed E-state index contributed by atoms with van der Waals surface area (Å²) in [6.07, 6.45) is 3.39. The highest BCUT2D eigenvalue weighted by Crippen LogP contribution is 2.15. The maximum Gasteiger partial charge on any atom is 0.192 e. The summed E-state index contributed by atoms with van der Waals surface area (Å²) in [7, 11) is 0. The van der Waals surface area contributed by atoms with Gasteiger partial charge in [0.05, 0.1) is 12.2 Å². The number of nitrogens with zero attached hydrogens (tertiary/aromatic N) is 5. The number of rotatable bonds is 6. The minimum absolute atomic E-state index is 0.360. The lowest BCUT2D eigenvalue weighted by atomic mass is 10.1. The molecular weight excluding hydrogens is 318 g/mol. The number of hydrogen-bond donors (Lipinski definition) is 2. The molecule has 25 heavy (non-hydrogen) atoms. The monoisotopic (exact) mass is 345 g/mol. The highest BCUT2D eigenvalue weighted by molar-refractivity contribution is 5.79. The Morgan fingerprint density at radius 2 is 2.20 bits per heavy atom. The van der Waals surface area contributed by atoms with Crippen molar-refractivity contribution in [1.82, 2.24) is 30.6 Å². The van der Waals surface area contributed by atoms with Crippen LogP contribution in [0.1, 0.15) is 62.6 Å². The molecule has 0 saturated carbocycles. The van der Waals surface area contributed by atoms with Crippen molar-refractivity contribution in [3.63, 3.8) is 0 Å². The average Bonchev–Trinajstić information content (AvgIpc) is 3.24. The Morgan fingerprint density at radius 1 is 1.32 bits per heavy atom. The van der Waals surface area contributed by atoms with Gasteiger partial charge in [0.25, 0.3) is 0 Å². The van der Waals surface area contributed by atoms with Crippen LogP contribution in [0.3, 0.4) is 0 Å². The van der Waals surface area contributed by atoms with E-state index in [-0.39, 0.29) is 0 Å². The lowest BCUT2D eigenvalue weighted by molar-refractivity contribution is 0.372. The first kappa shape index (κ1) is 17.4. The van der Waals surface area contributed by atoms with E-state index in [2.05, 4.69) is 49.4 Å². The van der Waals surface area contributed by atoms with Gasteiger partial charge in [0, 0.05) is 25.6 Å². The summed E-state index contributed by atoms with van der Waals surface area (Å²) in [5.74, 6) is 3.90. The number of nitrogens with one attached hydrogen (secondary N) is 2. The van der Waals surface area contributed by atoms with Crippen molar-refractivity contribution in [3.8, 4) is 0 Å². The molecule has 0 atom stereocenters. The fourth-order valence-electron chi connectivity index (χ4n) is 2.83. The Labute approximate surface area is 148 Å². The second-order valence-corrected chi connectivity index (χ2v) is 6.56. The standard InChI is InChI=1S/C17H27N7O/c1-4-18-17(19-10-13-9-14(12(2)3)23-25-13)20-11-16-22-21-15-7-5-6-8-24(15)16/h9,12H,4-8,10-11H2,1-3H3,(H2,18,19,20). The van der Waals surface area contributed by atoms with Crippen LogP contribution >= 0.6 is 0 Å². The predicted octanol–water partition coefficient (Wildman–Crippen LogP) is 1.98. The van der Waals surface area contributed by atoms with Gasteiger partial charge in [-0.3, -0.25) is 0 Å². The smallest absolute Gasteiger partial charge is 0.192 e. The topological polar surface area (TPSA) is 93.2 Å². The zero-order valence-corrected chi connectivity index (χ0v) is 15.2. The number of fused-ring (bicyclic) bond motifs is 1. The Kier molecular flexibility index (Phi) is 5.67. The molecule has 1 aliphatic rings. The fourth-order valence-corrected chi connectivity index (χ4v) is 2.83. The second kappa shape index (κ2) is 8.13. The summed E-state index contributed by atoms with van der Waals surface area (Å²) in [5, 5.41) is 19.2. The molecule has 2 aromatic heterocycles. The molecule has 0 radical (unpaired) electrons. The normalized spacial score (nSPS) is 14.6. The molecule has 0 aromatic carbocycles. The number of aromatic nitrogens is 4. The molecule has 0 spiro atoms. The first-order valence-corrected chi connectivity index (χ1v) is 9.06. The molecule has 1 aliphatic heterocycles. The molecule has 0 unspecified atom stereocenters. The van der Waals surface area contributed by atoms with Gasteiger partial charge in [0.2, 0.25) is 0 Å². The largest absolute Gasteiger partial charge is 0.359 e. The third-order valence-corrected chi connectivity index (χ3v) is 4.26. The van der Waals surface area contributed by atoms with E-state index in [9.17, 15) is 0 Å². The van der Waals surface area contributed by atoms with Crippen LogP contribution in [0.15, 0.2) is 15.6 Å². The first-order chi connectivity index (χ1) is 12.2. The molecule has 3 rings (SSSR count). The van der Waals surface area contributed by atoms with Crippen LogP contribution in [0.2, 0.25) is 0 Å². The van der Waals surface area contributed by atoms with Gasteiger partial charge in [-0.25, -0.2) is 4.99 Å². The van der Waals surface area contributed by atoms with Crippen LogP contribution < -0.4 is 10.6 Å². The number of guanidine groups is 1. The van der Waals surface area contributed by atoms with Gasteiger partial charge in [-0.15, -0.1) is 10.2 Å². The van der Waals surface area contributed by atoms with Gasteiger partial charge in [-0.2, -0.15) is 0 Å². The Hall–Kier alpha value is -2.38. The van der Waals surface area contributed by atoms with E-state index in [1.54, 1.807) is 0 Å². The molecule has 0 saturated heterocycles. The number of hydrogen-bond acceptors (Lipinski definition) is 5. The second-order valence-electron chi connectivity index (χ2n) is 6.56. The van der Waals surface area contributed by atoms with Crippen molar-refractivity contribution in [2.75, 3.05) is 6.54 Å². The lowest BCUT2D eigenvalue weighted by Gasteiger charge is -2.14. The number of aryl methyl sites for hydroxylation is 1. The van der Waals surface area contributed by atoms with E-state index in [1.807, 2.05) is 13.0 Å². The Balaban J connectivity index is 1.61. The minimum atomic E-state index is 0.360. The van der Waals surface area contributed by atoms with E-state index >= 15 is 0 Å². The first-order valence-electron chi connectivity index (χ1n) is 9.06. The van der Waals surface area contributed by atoms with Crippen molar-refractivity contribution >= 4 is 5.96 Å². The highest BCUT2D eigenvalue weighted by Gasteiger charge is 2.15. The summed E-state index contributed by atoms with van der Waals surface area (Å²) < 4.78 is 7.55. The molecule has 8 nitrogen and oxygen atoms in total. The van der Waals surface area contributed by atoms with Gasteiger partial charge >= 0.3 is 0 Å². The zero-order valence-electron chi connectivity index (χ0n) is 15.2. The molecule has 136 valence electrons. The maximum absolute atomic E-state index is 5.36. The van der Waals surface area contributed by atoms with E-state index in [0.29, 0.717) is 19.0 Å². The Bertz CT molecular complexity index is 716. The van der Waals surface area contributed by atoms with Gasteiger partial charge in [-0.05, 0) is 25.7 Å². The van der Waals surface area contributed by atoms with Crippen molar-refractivity contribution in [2.45, 2.75) is 65.6 Å². The summed E-state index contributed by atoms with van der Waals surface area (Å²) in [4.78, 5) is 4.63. The molecule has 2 aromatic rings. The molecule has 0 fully saturated rings. The summed E-state index contributed by atoms with van der Waals surface area (Å²) in [5.41, 5.74) is 0.967. The zero-order chi connectivity index (χ0) is 17.6. The summed E-state index contributed by atoms with van der Waals surface area (Å²) in [6, 6.07) is 1.98. The highest BCUT2D eigenvalue weighted by atomic mass is 16.5. The van der Waals surface area contributed by atoms with Crippen molar-refractivity contribution in [1.29, 1.82) is 0 Å². The molecule has 3 heterocycles. The van der Waals surface area contributed by atoms with Crippen LogP contribution in [0.4, 0.5) is 0 Å². The third-order valence-electron chi connectivity index (χ3n) is 4.26. The van der Waals surface area contributed by atoms with Gasteiger partial charge in [0.1, 0.15) is 12.4 Å². The molecule has 0 bridgehead atoms. The van der Waals surface area contributed by atoms with Crippen LogP contribution in [0.5, 0.6) is 0 Å². The third kappa shape index (κ3) is 4.37. The minimum Gasteiger partial charge on any atom is -0.359 e. The van der Waals surface area contributed by atoms with E-state index in [1.165, 1.54) is 12.8 Å². The van der Waals surface area contributed by atoms with Crippen molar-refractivity contribution in [2.24, 2.45) is 4.99 Å². The summed E-state index contributed by atoms with van der Waals surface area (Å²) in [6.45, 7) is 9.07. The van der Waals surface area contributed by atoms with Crippen LogP contribution in [0.25, 0.3) is 0 Å². The van der Waals surface area contributed by atoms with Gasteiger partial charge < -0.3 is 19.7 Å². The Morgan fingerprint density at radius 3 is 2.96 bits per heavy atom. The van der Waals surface area contributed by atoms with Gasteiger partial charge in [0.15, 0.2) is 17.5 Å². The lowest BCUT2D eigenvalue weighted by Crippen LogP contribution is -2.36. The van der Waals surface area contributed by atoms with Crippen molar-refractivity contribution < 1.29 is 4.52 Å². The van der Waals surface area contributed by atoms with Crippen molar-refractivity contribution in [3.05, 3.63) is 29.2 Å². The average molecular weight is 345 g/mol. The fraction of sp³-hybridized carbons (Fsp3) is 0.647. The molecule has 0 amide bonds. The molecule has 2 N–H and O–H groups in total. The molecule has 0 aliphatic carbocycles.